The van der Waals surface area contributed by atoms with Gasteiger partial charge in [-0.2, -0.15) is 40.8 Å². The highest BCUT2D eigenvalue weighted by molar-refractivity contribution is 6.29. The predicted octanol–water partition coefficient (Wildman–Crippen LogP) is 7.46. The van der Waals surface area contributed by atoms with Crippen molar-refractivity contribution in [2.75, 3.05) is 5.32 Å². The van der Waals surface area contributed by atoms with Crippen LogP contribution in [0, 0.1) is 0 Å². The summed E-state index contributed by atoms with van der Waals surface area (Å²) in [6.45, 7) is -0.0688. The van der Waals surface area contributed by atoms with Crippen LogP contribution >= 0.6 is 23.2 Å². The fourth-order valence-electron chi connectivity index (χ4n) is 2.43. The Morgan fingerprint density at radius 3 is 2.20 bits per heavy atom. The van der Waals surface area contributed by atoms with Gasteiger partial charge in [0.05, 0.1) is 12.1 Å². The third-order valence-electron chi connectivity index (χ3n) is 3.92. The van der Waals surface area contributed by atoms with Gasteiger partial charge in [0.25, 0.3) is 0 Å². The first kappa shape index (κ1) is 26.3. The van der Waals surface area contributed by atoms with Crippen LogP contribution in [0.3, 0.4) is 0 Å². The summed E-state index contributed by atoms with van der Waals surface area (Å²) < 4.78 is 93.1. The fourth-order valence-corrected chi connectivity index (χ4v) is 2.82. The maximum Gasteiger partial charge on any atom is 0.461 e. The van der Waals surface area contributed by atoms with E-state index in [0.717, 1.165) is 12.1 Å². The highest BCUT2D eigenvalue weighted by Crippen LogP contribution is 2.33. The smallest absolute Gasteiger partial charge is 0.428 e. The second kappa shape index (κ2) is 10.6. The first-order valence-corrected chi connectivity index (χ1v) is 9.95. The van der Waals surface area contributed by atoms with E-state index in [2.05, 4.69) is 35.2 Å². The van der Waals surface area contributed by atoms with Crippen LogP contribution in [0.5, 0.6) is 5.75 Å². The van der Waals surface area contributed by atoms with E-state index in [1.165, 1.54) is 18.2 Å². The maximum absolute atomic E-state index is 13.0. The second-order valence-corrected chi connectivity index (χ2v) is 7.30. The van der Waals surface area contributed by atoms with E-state index in [1.54, 1.807) is 0 Å². The highest BCUT2D eigenvalue weighted by atomic mass is 35.5. The van der Waals surface area contributed by atoms with Gasteiger partial charge in [-0.15, -0.1) is 5.11 Å². The number of hydrogen-bond donors (Lipinski definition) is 1. The molecule has 0 saturated heterocycles. The molecule has 0 radical (unpaired) electrons. The van der Waals surface area contributed by atoms with E-state index in [0.29, 0.717) is 17.7 Å². The normalized spacial score (nSPS) is 12.4. The maximum atomic E-state index is 13.0. The van der Waals surface area contributed by atoms with Crippen molar-refractivity contribution in [1.82, 2.24) is 15.0 Å². The largest absolute Gasteiger partial charge is 0.461 e. The first-order chi connectivity index (χ1) is 16.3. The fraction of sp³-hybridized carbons (Fsp3) is 0.211. The van der Waals surface area contributed by atoms with Crippen LogP contribution in [0.1, 0.15) is 11.1 Å². The Morgan fingerprint density at radius 2 is 1.57 bits per heavy atom. The summed E-state index contributed by atoms with van der Waals surface area (Å²) >= 11 is 11.5. The summed E-state index contributed by atoms with van der Waals surface area (Å²) in [6.07, 6.45) is -13.3. The summed E-state index contributed by atoms with van der Waals surface area (Å²) in [6, 6.07) is 7.30. The van der Waals surface area contributed by atoms with Crippen LogP contribution in [0.15, 0.2) is 52.7 Å². The van der Waals surface area contributed by atoms with Crippen molar-refractivity contribution in [1.29, 1.82) is 0 Å². The highest BCUT2D eigenvalue weighted by Gasteiger charge is 2.43. The van der Waals surface area contributed by atoms with Crippen LogP contribution in [-0.2, 0) is 12.7 Å². The molecule has 0 bridgehead atoms. The standard InChI is InChI=1S/C19H11Cl2F7N6O/c20-12-5-10(18(24,25)26)6-13(30-12)31-14-7-15(33-17(21)32-14)34-29-8-9-1-3-11(4-2-9)35-19(27,28)16(22)23/h1-7,16H,8H2,(H,30,31,32,33). The van der Waals surface area contributed by atoms with Gasteiger partial charge in [0.15, 0.2) is 5.82 Å². The van der Waals surface area contributed by atoms with Gasteiger partial charge in [-0.1, -0.05) is 23.7 Å². The van der Waals surface area contributed by atoms with Gasteiger partial charge in [-0.05, 0) is 41.4 Å². The molecule has 0 aliphatic rings. The molecule has 0 saturated carbocycles. The van der Waals surface area contributed by atoms with Gasteiger partial charge in [0.1, 0.15) is 22.5 Å². The van der Waals surface area contributed by atoms with Gasteiger partial charge >= 0.3 is 18.7 Å². The number of benzene rings is 1. The molecule has 16 heteroatoms. The summed E-state index contributed by atoms with van der Waals surface area (Å²) in [5.41, 5.74) is -0.572. The number of nitrogens with zero attached hydrogens (tertiary/aromatic N) is 5. The van der Waals surface area contributed by atoms with E-state index in [9.17, 15) is 30.7 Å². The molecule has 3 aromatic rings. The summed E-state index contributed by atoms with van der Waals surface area (Å²) in [7, 11) is 0. The van der Waals surface area contributed by atoms with Gasteiger partial charge < -0.3 is 10.1 Å². The monoisotopic (exact) mass is 542 g/mol. The molecule has 2 aromatic heterocycles. The molecule has 0 aliphatic heterocycles. The van der Waals surface area contributed by atoms with Crippen LogP contribution in [0.2, 0.25) is 10.4 Å². The van der Waals surface area contributed by atoms with E-state index in [4.69, 9.17) is 23.2 Å². The van der Waals surface area contributed by atoms with Crippen molar-refractivity contribution in [2.45, 2.75) is 25.3 Å². The lowest BCUT2D eigenvalue weighted by Crippen LogP contribution is -2.33. The van der Waals surface area contributed by atoms with Crippen LogP contribution < -0.4 is 10.1 Å². The number of azo groups is 1. The molecule has 0 amide bonds. The molecular formula is C19H11Cl2F7N6O. The number of nitrogens with one attached hydrogen (secondary N) is 1. The second-order valence-electron chi connectivity index (χ2n) is 6.58. The quantitative estimate of drug-likeness (QED) is 0.138. The Kier molecular flexibility index (Phi) is 7.95. The molecule has 2 heterocycles. The molecular weight excluding hydrogens is 532 g/mol. The minimum atomic E-state index is -4.65. The van der Waals surface area contributed by atoms with Crippen LogP contribution in [0.4, 0.5) is 48.2 Å². The SMILES string of the molecule is FC(F)C(F)(F)Oc1ccc(CN=Nc2cc(Nc3cc(C(F)(F)F)cc(Cl)n3)nc(Cl)n2)cc1. The number of pyridine rings is 1. The van der Waals surface area contributed by atoms with E-state index >= 15 is 0 Å². The molecule has 35 heavy (non-hydrogen) atoms. The molecule has 0 atom stereocenters. The van der Waals surface area contributed by atoms with Gasteiger partial charge in [-0.3, -0.25) is 0 Å². The van der Waals surface area contributed by atoms with Crippen molar-refractivity contribution in [3.05, 3.63) is 64.0 Å². The summed E-state index contributed by atoms with van der Waals surface area (Å²) in [5, 5.41) is 9.47. The van der Waals surface area contributed by atoms with E-state index in [1.807, 2.05) is 0 Å². The molecule has 0 unspecified atom stereocenters. The molecule has 7 nitrogen and oxygen atoms in total. The number of rotatable bonds is 8. The van der Waals surface area contributed by atoms with E-state index < -0.39 is 35.2 Å². The lowest BCUT2D eigenvalue weighted by Gasteiger charge is -2.16. The molecule has 0 fully saturated rings. The Hall–Kier alpha value is -3.26. The third kappa shape index (κ3) is 7.62. The Labute approximate surface area is 202 Å². The van der Waals surface area contributed by atoms with Crippen molar-refractivity contribution in [2.24, 2.45) is 10.2 Å². The molecule has 0 aliphatic carbocycles. The zero-order valence-electron chi connectivity index (χ0n) is 16.9. The average Bonchev–Trinajstić information content (AvgIpc) is 2.73. The molecule has 1 N–H and O–H groups in total. The van der Waals surface area contributed by atoms with E-state index in [-0.39, 0.29) is 29.3 Å². The summed E-state index contributed by atoms with van der Waals surface area (Å²) in [5.74, 6) is -0.856. The summed E-state index contributed by atoms with van der Waals surface area (Å²) in [4.78, 5) is 11.4. The van der Waals surface area contributed by atoms with Crippen LogP contribution in [-0.4, -0.2) is 27.5 Å². The van der Waals surface area contributed by atoms with Gasteiger partial charge in [0, 0.05) is 6.07 Å². The van der Waals surface area contributed by atoms with Crippen LogP contribution in [0.25, 0.3) is 0 Å². The lowest BCUT2D eigenvalue weighted by atomic mass is 10.2. The van der Waals surface area contributed by atoms with Gasteiger partial charge in [-0.25, -0.2) is 9.97 Å². The third-order valence-corrected chi connectivity index (χ3v) is 4.28. The topological polar surface area (TPSA) is 84.7 Å². The first-order valence-electron chi connectivity index (χ1n) is 9.19. The number of anilines is 2. The minimum absolute atomic E-state index is 0.0525. The zero-order valence-corrected chi connectivity index (χ0v) is 18.4. The molecule has 0 spiro atoms. The molecule has 3 rings (SSSR count). The predicted molar refractivity (Wildman–Crippen MR) is 111 cm³/mol. The molecule has 1 aromatic carbocycles. The average molecular weight is 543 g/mol. The minimum Gasteiger partial charge on any atom is -0.428 e. The Bertz CT molecular complexity index is 1210. The number of hydrogen-bond acceptors (Lipinski definition) is 7. The molecule has 186 valence electrons. The number of halogens is 9. The lowest BCUT2D eigenvalue weighted by molar-refractivity contribution is -0.253. The van der Waals surface area contributed by atoms with Crippen molar-refractivity contribution >= 4 is 40.7 Å². The van der Waals surface area contributed by atoms with Crippen molar-refractivity contribution in [3.8, 4) is 5.75 Å². The Balaban J connectivity index is 1.69. The number of alkyl halides is 7. The van der Waals surface area contributed by atoms with Crippen molar-refractivity contribution < 1.29 is 35.5 Å². The zero-order chi connectivity index (χ0) is 25.8. The Morgan fingerprint density at radius 1 is 0.914 bits per heavy atom. The number of aromatic nitrogens is 3. The van der Waals surface area contributed by atoms with Gasteiger partial charge in [0.2, 0.25) is 5.28 Å². The van der Waals surface area contributed by atoms with Crippen molar-refractivity contribution in [3.63, 3.8) is 0 Å². The number of ether oxygens (including phenoxy) is 1.